The van der Waals surface area contributed by atoms with Crippen LogP contribution in [-0.4, -0.2) is 21.3 Å². The van der Waals surface area contributed by atoms with E-state index in [2.05, 4.69) is 0 Å². The zero-order chi connectivity index (χ0) is 12.3. The van der Waals surface area contributed by atoms with Crippen molar-refractivity contribution in [1.82, 2.24) is 0 Å². The topological polar surface area (TPSA) is 67.2 Å². The number of rotatable bonds is 3. The lowest BCUT2D eigenvalue weighted by Gasteiger charge is -2.11. The van der Waals surface area contributed by atoms with Gasteiger partial charge in [0.15, 0.2) is 9.84 Å². The van der Waals surface area contributed by atoms with Crippen molar-refractivity contribution in [3.63, 3.8) is 0 Å². The number of halogens is 1. The first-order valence-electron chi connectivity index (χ1n) is 4.36. The van der Waals surface area contributed by atoms with Gasteiger partial charge < -0.3 is 4.74 Å². The number of nitrogens with zero attached hydrogens (tertiary/aromatic N) is 1. The molecule has 0 bridgehead atoms. The summed E-state index contributed by atoms with van der Waals surface area (Å²) in [4.78, 5) is -0.0402. The SMILES string of the molecule is COc1c(C)cc(Cl)cc1S(=O)(=O)CC#N. The third-order valence-electron chi connectivity index (χ3n) is 2.00. The van der Waals surface area contributed by atoms with Crippen LogP contribution in [0.5, 0.6) is 5.75 Å². The first kappa shape index (κ1) is 12.8. The molecule has 0 aliphatic heterocycles. The average molecular weight is 260 g/mol. The van der Waals surface area contributed by atoms with E-state index in [0.717, 1.165) is 0 Å². The van der Waals surface area contributed by atoms with E-state index >= 15 is 0 Å². The summed E-state index contributed by atoms with van der Waals surface area (Å²) in [5, 5.41) is 8.76. The molecule has 16 heavy (non-hydrogen) atoms. The van der Waals surface area contributed by atoms with Gasteiger partial charge in [0.05, 0.1) is 13.2 Å². The lowest BCUT2D eigenvalue weighted by atomic mass is 10.2. The number of hydrogen-bond donors (Lipinski definition) is 0. The minimum atomic E-state index is -3.67. The van der Waals surface area contributed by atoms with Gasteiger partial charge in [0.25, 0.3) is 0 Å². The van der Waals surface area contributed by atoms with Crippen LogP contribution in [0.2, 0.25) is 5.02 Å². The maximum absolute atomic E-state index is 11.8. The molecule has 0 unspecified atom stereocenters. The third-order valence-corrected chi connectivity index (χ3v) is 3.70. The molecule has 0 radical (unpaired) electrons. The molecule has 0 spiro atoms. The van der Waals surface area contributed by atoms with Crippen molar-refractivity contribution >= 4 is 21.4 Å². The first-order chi connectivity index (χ1) is 7.42. The van der Waals surface area contributed by atoms with Gasteiger partial charge in [-0.05, 0) is 24.6 Å². The van der Waals surface area contributed by atoms with Gasteiger partial charge in [-0.15, -0.1) is 0 Å². The fraction of sp³-hybridized carbons (Fsp3) is 0.300. The summed E-state index contributed by atoms with van der Waals surface area (Å²) in [6.07, 6.45) is 0. The van der Waals surface area contributed by atoms with Crippen molar-refractivity contribution in [2.24, 2.45) is 0 Å². The van der Waals surface area contributed by atoms with E-state index in [1.54, 1.807) is 19.1 Å². The predicted octanol–water partition coefficient (Wildman–Crippen LogP) is 1.95. The summed E-state index contributed by atoms with van der Waals surface area (Å²) in [6, 6.07) is 4.50. The predicted molar refractivity (Wildman–Crippen MR) is 60.4 cm³/mol. The Morgan fingerprint density at radius 1 is 1.50 bits per heavy atom. The molecule has 0 N–H and O–H groups in total. The average Bonchev–Trinajstić information content (AvgIpc) is 2.16. The fourth-order valence-corrected chi connectivity index (χ4v) is 2.85. The zero-order valence-electron chi connectivity index (χ0n) is 8.82. The molecule has 1 aromatic carbocycles. The van der Waals surface area contributed by atoms with E-state index in [1.807, 2.05) is 0 Å². The number of benzene rings is 1. The van der Waals surface area contributed by atoms with Crippen molar-refractivity contribution < 1.29 is 13.2 Å². The van der Waals surface area contributed by atoms with Crippen molar-refractivity contribution in [3.05, 3.63) is 22.7 Å². The summed E-state index contributed by atoms with van der Waals surface area (Å²) in [7, 11) is -2.29. The summed E-state index contributed by atoms with van der Waals surface area (Å²) in [5.41, 5.74) is 0.617. The molecule has 6 heteroatoms. The van der Waals surface area contributed by atoms with Gasteiger partial charge in [0.2, 0.25) is 0 Å². The minimum Gasteiger partial charge on any atom is -0.495 e. The molecule has 0 atom stereocenters. The number of hydrogen-bond acceptors (Lipinski definition) is 4. The first-order valence-corrected chi connectivity index (χ1v) is 6.39. The van der Waals surface area contributed by atoms with Crippen LogP contribution < -0.4 is 4.74 Å². The van der Waals surface area contributed by atoms with Gasteiger partial charge in [0.1, 0.15) is 16.4 Å². The highest BCUT2D eigenvalue weighted by molar-refractivity contribution is 7.91. The number of ether oxygens (including phenoxy) is 1. The van der Waals surface area contributed by atoms with Gasteiger partial charge >= 0.3 is 0 Å². The van der Waals surface area contributed by atoms with Crippen LogP contribution >= 0.6 is 11.6 Å². The zero-order valence-corrected chi connectivity index (χ0v) is 10.4. The van der Waals surface area contributed by atoms with E-state index in [4.69, 9.17) is 21.6 Å². The summed E-state index contributed by atoms with van der Waals surface area (Å²) in [6.45, 7) is 1.69. The van der Waals surface area contributed by atoms with E-state index in [1.165, 1.54) is 13.2 Å². The molecule has 0 aromatic heterocycles. The van der Waals surface area contributed by atoms with Gasteiger partial charge in [-0.1, -0.05) is 11.6 Å². The van der Waals surface area contributed by atoms with Gasteiger partial charge in [0, 0.05) is 5.02 Å². The maximum atomic E-state index is 11.8. The van der Waals surface area contributed by atoms with Crippen molar-refractivity contribution in [1.29, 1.82) is 5.26 Å². The van der Waals surface area contributed by atoms with Gasteiger partial charge in [-0.3, -0.25) is 0 Å². The summed E-state index contributed by atoms with van der Waals surface area (Å²) < 4.78 is 28.5. The second-order valence-electron chi connectivity index (χ2n) is 3.17. The van der Waals surface area contributed by atoms with E-state index in [0.29, 0.717) is 10.6 Å². The lowest BCUT2D eigenvalue weighted by Crippen LogP contribution is -2.08. The molecule has 0 aliphatic rings. The second-order valence-corrected chi connectivity index (χ2v) is 5.57. The van der Waals surface area contributed by atoms with Crippen molar-refractivity contribution in [2.45, 2.75) is 11.8 Å². The summed E-state index contributed by atoms with van der Waals surface area (Å²) in [5.74, 6) is -0.358. The molecule has 0 amide bonds. The van der Waals surface area contributed by atoms with Crippen molar-refractivity contribution in [3.8, 4) is 11.8 Å². The Bertz CT molecular complexity index is 546. The van der Waals surface area contributed by atoms with Gasteiger partial charge in [-0.25, -0.2) is 8.42 Å². The Hall–Kier alpha value is -1.25. The molecule has 1 rings (SSSR count). The van der Waals surface area contributed by atoms with E-state index < -0.39 is 15.6 Å². The number of methoxy groups -OCH3 is 1. The quantitative estimate of drug-likeness (QED) is 0.832. The molecule has 1 aromatic rings. The molecular formula is C10H10ClNO3S. The minimum absolute atomic E-state index is 0.0402. The number of nitriles is 1. The molecule has 0 heterocycles. The monoisotopic (exact) mass is 259 g/mol. The Kier molecular flexibility index (Phi) is 3.79. The third kappa shape index (κ3) is 2.46. The molecule has 0 aliphatic carbocycles. The Morgan fingerprint density at radius 2 is 2.12 bits per heavy atom. The number of aryl methyl sites for hydroxylation is 1. The smallest absolute Gasteiger partial charge is 0.195 e. The van der Waals surface area contributed by atoms with Crippen LogP contribution in [0.4, 0.5) is 0 Å². The second kappa shape index (κ2) is 4.73. The van der Waals surface area contributed by atoms with Crippen LogP contribution in [0.25, 0.3) is 0 Å². The van der Waals surface area contributed by atoms with Crippen LogP contribution in [0.3, 0.4) is 0 Å². The van der Waals surface area contributed by atoms with Crippen LogP contribution in [0.15, 0.2) is 17.0 Å². The van der Waals surface area contributed by atoms with Crippen molar-refractivity contribution in [2.75, 3.05) is 12.9 Å². The molecule has 4 nitrogen and oxygen atoms in total. The molecule has 86 valence electrons. The molecule has 0 fully saturated rings. The lowest BCUT2D eigenvalue weighted by molar-refractivity contribution is 0.399. The highest BCUT2D eigenvalue weighted by Crippen LogP contribution is 2.31. The number of sulfone groups is 1. The van der Waals surface area contributed by atoms with E-state index in [9.17, 15) is 8.42 Å². The van der Waals surface area contributed by atoms with Crippen LogP contribution in [0, 0.1) is 18.3 Å². The highest BCUT2D eigenvalue weighted by atomic mass is 35.5. The van der Waals surface area contributed by atoms with Crippen LogP contribution in [0.1, 0.15) is 5.56 Å². The molecular weight excluding hydrogens is 250 g/mol. The fourth-order valence-electron chi connectivity index (χ4n) is 1.35. The van der Waals surface area contributed by atoms with E-state index in [-0.39, 0.29) is 10.6 Å². The Morgan fingerprint density at radius 3 is 2.62 bits per heavy atom. The van der Waals surface area contributed by atoms with Gasteiger partial charge in [-0.2, -0.15) is 5.26 Å². The maximum Gasteiger partial charge on any atom is 0.195 e. The largest absolute Gasteiger partial charge is 0.495 e. The Labute approximate surface area is 99.3 Å². The summed E-state index contributed by atoms with van der Waals surface area (Å²) >= 11 is 5.78. The standard InChI is InChI=1S/C10H10ClNO3S/c1-7-5-8(11)6-9(10(7)15-2)16(13,14)4-3-12/h5-6H,4H2,1-2H3. The molecule has 0 saturated heterocycles. The molecule has 0 saturated carbocycles. The normalized spacial score (nSPS) is 10.9. The highest BCUT2D eigenvalue weighted by Gasteiger charge is 2.21. The Balaban J connectivity index is 3.50. The van der Waals surface area contributed by atoms with Crippen LogP contribution in [-0.2, 0) is 9.84 Å².